The fraction of sp³-hybridized carbons (Fsp3) is 0.462. The van der Waals surface area contributed by atoms with E-state index in [9.17, 15) is 14.9 Å². The average molecular weight is 285 g/mol. The van der Waals surface area contributed by atoms with Gasteiger partial charge in [0.2, 0.25) is 0 Å². The van der Waals surface area contributed by atoms with Crippen LogP contribution >= 0.6 is 11.6 Å². The number of carbonyl (C=O) groups is 1. The fourth-order valence-corrected chi connectivity index (χ4v) is 2.23. The Labute approximate surface area is 117 Å². The first-order valence-corrected chi connectivity index (χ1v) is 6.67. The molecule has 0 amide bonds. The van der Waals surface area contributed by atoms with Gasteiger partial charge in [-0.15, -0.1) is 0 Å². The van der Waals surface area contributed by atoms with E-state index in [0.717, 1.165) is 0 Å². The maximum absolute atomic E-state index is 11.2. The predicted octanol–water partition coefficient (Wildman–Crippen LogP) is 3.44. The number of nitro benzene ring substituents is 1. The maximum Gasteiger partial charge on any atom is 0.294 e. The number of rotatable bonds is 2. The van der Waals surface area contributed by atoms with Crippen LogP contribution in [0.2, 0.25) is 5.02 Å². The first kappa shape index (κ1) is 15.4. The number of halogens is 1. The van der Waals surface area contributed by atoms with Gasteiger partial charge >= 0.3 is 0 Å². The molecular weight excluding hydrogens is 268 g/mol. The van der Waals surface area contributed by atoms with Gasteiger partial charge in [0.15, 0.2) is 0 Å². The standard InChI is InChI=1S/C11H11ClN2O3.C2H6/c12-9-2-1-3-10(14(16)17)11(9)13-6-4-8(15)5-7-13;1-2/h1-3H,4-7H2;1-2H3. The van der Waals surface area contributed by atoms with Gasteiger partial charge in [0.05, 0.1) is 9.95 Å². The molecule has 104 valence electrons. The van der Waals surface area contributed by atoms with Crippen molar-refractivity contribution in [2.45, 2.75) is 26.7 Å². The molecule has 0 bridgehead atoms. The monoisotopic (exact) mass is 284 g/mol. The minimum Gasteiger partial charge on any atom is -0.364 e. The number of benzene rings is 1. The summed E-state index contributed by atoms with van der Waals surface area (Å²) in [5.74, 6) is 0.191. The third-order valence-electron chi connectivity index (χ3n) is 2.80. The average Bonchev–Trinajstić information content (AvgIpc) is 2.42. The maximum atomic E-state index is 11.2. The molecule has 1 saturated heterocycles. The van der Waals surface area contributed by atoms with Crippen LogP contribution < -0.4 is 4.90 Å². The van der Waals surface area contributed by atoms with Gasteiger partial charge in [0.1, 0.15) is 11.5 Å². The molecule has 2 rings (SSSR count). The van der Waals surface area contributed by atoms with Gasteiger partial charge < -0.3 is 4.90 Å². The van der Waals surface area contributed by atoms with Crippen molar-refractivity contribution in [2.24, 2.45) is 0 Å². The highest BCUT2D eigenvalue weighted by molar-refractivity contribution is 6.33. The third kappa shape index (κ3) is 3.67. The number of para-hydroxylation sites is 1. The molecule has 1 fully saturated rings. The van der Waals surface area contributed by atoms with Crippen molar-refractivity contribution in [3.8, 4) is 0 Å². The number of hydrogen-bond donors (Lipinski definition) is 0. The third-order valence-corrected chi connectivity index (χ3v) is 3.10. The summed E-state index contributed by atoms with van der Waals surface area (Å²) in [4.78, 5) is 23.4. The van der Waals surface area contributed by atoms with Crippen LogP contribution in [0, 0.1) is 10.1 Å². The number of nitro groups is 1. The van der Waals surface area contributed by atoms with Crippen LogP contribution in [0.1, 0.15) is 26.7 Å². The van der Waals surface area contributed by atoms with Crippen LogP contribution in [0.4, 0.5) is 11.4 Å². The van der Waals surface area contributed by atoms with Crippen LogP contribution in [-0.2, 0) is 4.79 Å². The van der Waals surface area contributed by atoms with Crippen molar-refractivity contribution in [3.63, 3.8) is 0 Å². The van der Waals surface area contributed by atoms with E-state index in [2.05, 4.69) is 0 Å². The fourth-order valence-electron chi connectivity index (χ4n) is 1.94. The Kier molecular flexibility index (Phi) is 5.76. The van der Waals surface area contributed by atoms with Crippen molar-refractivity contribution in [1.82, 2.24) is 0 Å². The molecular formula is C13H17ClN2O3. The van der Waals surface area contributed by atoms with Crippen LogP contribution in [0.25, 0.3) is 0 Å². The van der Waals surface area contributed by atoms with Crippen molar-refractivity contribution in [2.75, 3.05) is 18.0 Å². The summed E-state index contributed by atoms with van der Waals surface area (Å²) < 4.78 is 0. The van der Waals surface area contributed by atoms with E-state index < -0.39 is 4.92 Å². The number of Topliss-reactive ketones (excluding diaryl/α,β-unsaturated/α-hetero) is 1. The Hall–Kier alpha value is -1.62. The molecule has 0 atom stereocenters. The Morgan fingerprint density at radius 2 is 1.84 bits per heavy atom. The van der Waals surface area contributed by atoms with E-state index in [1.807, 2.05) is 18.7 Å². The molecule has 0 saturated carbocycles. The molecule has 1 aliphatic rings. The van der Waals surface area contributed by atoms with E-state index in [4.69, 9.17) is 11.6 Å². The Morgan fingerprint density at radius 1 is 1.26 bits per heavy atom. The second kappa shape index (κ2) is 7.09. The highest BCUT2D eigenvalue weighted by Gasteiger charge is 2.25. The molecule has 0 radical (unpaired) electrons. The van der Waals surface area contributed by atoms with Gasteiger partial charge in [-0.2, -0.15) is 0 Å². The molecule has 0 aromatic heterocycles. The van der Waals surface area contributed by atoms with Crippen molar-refractivity contribution in [3.05, 3.63) is 33.3 Å². The number of carbonyl (C=O) groups excluding carboxylic acids is 1. The summed E-state index contributed by atoms with van der Waals surface area (Å²) in [7, 11) is 0. The van der Waals surface area contributed by atoms with E-state index in [0.29, 0.717) is 36.6 Å². The highest BCUT2D eigenvalue weighted by Crippen LogP contribution is 2.36. The number of anilines is 1. The smallest absolute Gasteiger partial charge is 0.294 e. The van der Waals surface area contributed by atoms with E-state index in [1.54, 1.807) is 12.1 Å². The number of ketones is 1. The molecule has 0 aliphatic carbocycles. The lowest BCUT2D eigenvalue weighted by Gasteiger charge is -2.28. The van der Waals surface area contributed by atoms with Gasteiger partial charge in [0.25, 0.3) is 5.69 Å². The lowest BCUT2D eigenvalue weighted by atomic mass is 10.1. The van der Waals surface area contributed by atoms with Crippen LogP contribution in [-0.4, -0.2) is 23.8 Å². The summed E-state index contributed by atoms with van der Waals surface area (Å²) in [6.45, 7) is 4.98. The van der Waals surface area contributed by atoms with E-state index in [-0.39, 0.29) is 11.5 Å². The minimum atomic E-state index is -0.447. The lowest BCUT2D eigenvalue weighted by molar-refractivity contribution is -0.384. The summed E-state index contributed by atoms with van der Waals surface area (Å²) in [5.41, 5.74) is 0.415. The normalized spacial score (nSPS) is 14.7. The van der Waals surface area contributed by atoms with E-state index >= 15 is 0 Å². The summed E-state index contributed by atoms with van der Waals surface area (Å²) in [6.07, 6.45) is 0.838. The minimum absolute atomic E-state index is 0.00755. The van der Waals surface area contributed by atoms with Gasteiger partial charge in [0, 0.05) is 32.0 Å². The highest BCUT2D eigenvalue weighted by atomic mass is 35.5. The van der Waals surface area contributed by atoms with Crippen LogP contribution in [0.5, 0.6) is 0 Å². The number of hydrogen-bond acceptors (Lipinski definition) is 4. The van der Waals surface area contributed by atoms with Crippen LogP contribution in [0.15, 0.2) is 18.2 Å². The van der Waals surface area contributed by atoms with E-state index in [1.165, 1.54) is 6.07 Å². The predicted molar refractivity (Wildman–Crippen MR) is 75.9 cm³/mol. The SMILES string of the molecule is CC.O=C1CCN(c2c(Cl)cccc2[N+](=O)[O-])CC1. The number of piperidine rings is 1. The topological polar surface area (TPSA) is 63.5 Å². The zero-order valence-electron chi connectivity index (χ0n) is 11.1. The van der Waals surface area contributed by atoms with Gasteiger partial charge in [-0.05, 0) is 6.07 Å². The molecule has 6 heteroatoms. The van der Waals surface area contributed by atoms with Gasteiger partial charge in [-0.3, -0.25) is 14.9 Å². The molecule has 0 unspecified atom stereocenters. The van der Waals surface area contributed by atoms with Crippen LogP contribution in [0.3, 0.4) is 0 Å². The molecule has 5 nitrogen and oxygen atoms in total. The zero-order valence-corrected chi connectivity index (χ0v) is 11.8. The first-order chi connectivity index (χ1) is 9.09. The largest absolute Gasteiger partial charge is 0.364 e. The van der Waals surface area contributed by atoms with Gasteiger partial charge in [-0.25, -0.2) is 0 Å². The van der Waals surface area contributed by atoms with Gasteiger partial charge in [-0.1, -0.05) is 31.5 Å². The molecule has 1 aliphatic heterocycles. The molecule has 0 spiro atoms. The second-order valence-electron chi connectivity index (χ2n) is 3.89. The zero-order chi connectivity index (χ0) is 14.4. The molecule has 1 heterocycles. The van der Waals surface area contributed by atoms with Crippen molar-refractivity contribution < 1.29 is 9.72 Å². The molecule has 0 N–H and O–H groups in total. The quantitative estimate of drug-likeness (QED) is 0.616. The Morgan fingerprint density at radius 3 is 2.37 bits per heavy atom. The summed E-state index contributed by atoms with van der Waals surface area (Å²) in [6, 6.07) is 4.61. The first-order valence-electron chi connectivity index (χ1n) is 6.29. The Balaban J connectivity index is 0.000000861. The molecule has 1 aromatic rings. The lowest BCUT2D eigenvalue weighted by Crippen LogP contribution is -2.34. The summed E-state index contributed by atoms with van der Waals surface area (Å²) >= 11 is 6.01. The molecule has 19 heavy (non-hydrogen) atoms. The second-order valence-corrected chi connectivity index (χ2v) is 4.30. The summed E-state index contributed by atoms with van der Waals surface area (Å²) in [5, 5.41) is 11.3. The van der Waals surface area contributed by atoms with Crippen molar-refractivity contribution >= 4 is 28.8 Å². The molecule has 1 aromatic carbocycles. The van der Waals surface area contributed by atoms with Crippen molar-refractivity contribution in [1.29, 1.82) is 0 Å². The Bertz CT molecular complexity index is 467. The number of nitrogens with zero attached hydrogens (tertiary/aromatic N) is 2.